The molecule has 0 amide bonds. The Kier molecular flexibility index (Phi) is 1.29. The molecule has 2 heterocycles. The first-order valence-corrected chi connectivity index (χ1v) is 4.14. The summed E-state index contributed by atoms with van der Waals surface area (Å²) in [4.78, 5) is 17.8. The molecule has 0 unspecified atom stereocenters. The average Bonchev–Trinajstić information content (AvgIpc) is 2.36. The molecule has 56 valence electrons. The van der Waals surface area contributed by atoms with Crippen molar-refractivity contribution in [2.24, 2.45) is 0 Å². The minimum Gasteiger partial charge on any atom is -0.318 e. The van der Waals surface area contributed by atoms with Crippen molar-refractivity contribution in [2.45, 2.75) is 6.92 Å². The van der Waals surface area contributed by atoms with Crippen LogP contribution in [0.15, 0.2) is 15.6 Å². The van der Waals surface area contributed by atoms with Gasteiger partial charge in [0.1, 0.15) is 5.69 Å². The van der Waals surface area contributed by atoms with E-state index in [4.69, 9.17) is 0 Å². The SMILES string of the molecule is Cc1nc2cscc2[nH]c1=O. The van der Waals surface area contributed by atoms with Gasteiger partial charge in [0.2, 0.25) is 0 Å². The van der Waals surface area contributed by atoms with Gasteiger partial charge in [-0.3, -0.25) is 4.79 Å². The highest BCUT2D eigenvalue weighted by atomic mass is 32.1. The molecule has 0 bridgehead atoms. The molecule has 0 aliphatic rings. The molecule has 0 radical (unpaired) electrons. The maximum absolute atomic E-state index is 11.0. The van der Waals surface area contributed by atoms with Crippen molar-refractivity contribution in [3.8, 4) is 0 Å². The van der Waals surface area contributed by atoms with Crippen molar-refractivity contribution in [1.29, 1.82) is 0 Å². The van der Waals surface area contributed by atoms with Crippen LogP contribution in [0, 0.1) is 6.92 Å². The van der Waals surface area contributed by atoms with Crippen LogP contribution in [0.3, 0.4) is 0 Å². The number of nitrogens with zero attached hydrogens (tertiary/aromatic N) is 1. The number of hydrogen-bond acceptors (Lipinski definition) is 3. The van der Waals surface area contributed by atoms with Crippen LogP contribution >= 0.6 is 11.3 Å². The molecule has 2 rings (SSSR count). The average molecular weight is 166 g/mol. The maximum Gasteiger partial charge on any atom is 0.269 e. The molecule has 0 aliphatic carbocycles. The second kappa shape index (κ2) is 2.17. The van der Waals surface area contributed by atoms with Gasteiger partial charge in [0.25, 0.3) is 5.56 Å². The summed E-state index contributed by atoms with van der Waals surface area (Å²) in [6.07, 6.45) is 0. The standard InChI is InChI=1S/C7H6N2OS/c1-4-7(10)9-6-3-11-2-5(6)8-4/h2-3H,1H3,(H,9,10). The Bertz CT molecular complexity index is 443. The summed E-state index contributed by atoms with van der Waals surface area (Å²) < 4.78 is 0. The van der Waals surface area contributed by atoms with E-state index >= 15 is 0 Å². The zero-order valence-electron chi connectivity index (χ0n) is 5.92. The first-order valence-electron chi connectivity index (χ1n) is 3.20. The molecule has 0 saturated heterocycles. The zero-order chi connectivity index (χ0) is 7.84. The minimum absolute atomic E-state index is 0.101. The van der Waals surface area contributed by atoms with Crippen LogP contribution in [0.4, 0.5) is 0 Å². The van der Waals surface area contributed by atoms with Crippen molar-refractivity contribution < 1.29 is 0 Å². The molecule has 0 spiro atoms. The first-order chi connectivity index (χ1) is 5.27. The highest BCUT2D eigenvalue weighted by Crippen LogP contribution is 2.11. The lowest BCUT2D eigenvalue weighted by Gasteiger charge is -1.90. The summed E-state index contributed by atoms with van der Waals surface area (Å²) in [5, 5.41) is 3.79. The Balaban J connectivity index is 2.97. The van der Waals surface area contributed by atoms with Crippen LogP contribution < -0.4 is 5.56 Å². The molecule has 3 nitrogen and oxygen atoms in total. The van der Waals surface area contributed by atoms with Gasteiger partial charge in [0.05, 0.1) is 11.0 Å². The van der Waals surface area contributed by atoms with E-state index in [2.05, 4.69) is 9.97 Å². The number of aromatic amines is 1. The fourth-order valence-corrected chi connectivity index (χ4v) is 1.61. The number of rotatable bonds is 0. The zero-order valence-corrected chi connectivity index (χ0v) is 6.73. The summed E-state index contributed by atoms with van der Waals surface area (Å²) in [7, 11) is 0. The van der Waals surface area contributed by atoms with Crippen molar-refractivity contribution >= 4 is 22.4 Å². The number of H-pyrrole nitrogens is 1. The quantitative estimate of drug-likeness (QED) is 0.641. The number of aryl methyl sites for hydroxylation is 1. The summed E-state index contributed by atoms with van der Waals surface area (Å²) in [5.74, 6) is 0. The van der Waals surface area contributed by atoms with Crippen molar-refractivity contribution in [3.05, 3.63) is 26.8 Å². The van der Waals surface area contributed by atoms with Crippen molar-refractivity contribution in [1.82, 2.24) is 9.97 Å². The van der Waals surface area contributed by atoms with Crippen LogP contribution in [0.5, 0.6) is 0 Å². The smallest absolute Gasteiger partial charge is 0.269 e. The van der Waals surface area contributed by atoms with Gasteiger partial charge in [-0.05, 0) is 6.92 Å². The molecule has 11 heavy (non-hydrogen) atoms. The third-order valence-corrected chi connectivity index (χ3v) is 2.24. The Morgan fingerprint density at radius 1 is 1.55 bits per heavy atom. The number of thiophene rings is 1. The summed E-state index contributed by atoms with van der Waals surface area (Å²) >= 11 is 1.54. The Hall–Kier alpha value is -1.16. The van der Waals surface area contributed by atoms with E-state index < -0.39 is 0 Å². The van der Waals surface area contributed by atoms with Crippen LogP contribution in [0.2, 0.25) is 0 Å². The third-order valence-electron chi connectivity index (χ3n) is 1.51. The van der Waals surface area contributed by atoms with Gasteiger partial charge in [0, 0.05) is 10.8 Å². The van der Waals surface area contributed by atoms with E-state index in [9.17, 15) is 4.79 Å². The maximum atomic E-state index is 11.0. The Morgan fingerprint density at radius 2 is 2.36 bits per heavy atom. The molecule has 2 aromatic heterocycles. The molecule has 4 heteroatoms. The van der Waals surface area contributed by atoms with E-state index in [1.54, 1.807) is 6.92 Å². The summed E-state index contributed by atoms with van der Waals surface area (Å²) in [6, 6.07) is 0. The summed E-state index contributed by atoms with van der Waals surface area (Å²) in [5.41, 5.74) is 2.12. The molecule has 0 aromatic carbocycles. The Labute approximate surface area is 66.7 Å². The number of fused-ring (bicyclic) bond motifs is 1. The summed E-state index contributed by atoms with van der Waals surface area (Å²) in [6.45, 7) is 1.70. The monoisotopic (exact) mass is 166 g/mol. The fourth-order valence-electron chi connectivity index (χ4n) is 0.915. The topological polar surface area (TPSA) is 45.8 Å². The lowest BCUT2D eigenvalue weighted by atomic mass is 10.4. The predicted octanol–water partition coefficient (Wildman–Crippen LogP) is 1.29. The lowest BCUT2D eigenvalue weighted by molar-refractivity contribution is 1.13. The molecule has 0 aliphatic heterocycles. The number of aromatic nitrogens is 2. The number of hydrogen-bond donors (Lipinski definition) is 1. The van der Waals surface area contributed by atoms with E-state index in [0.29, 0.717) is 5.69 Å². The minimum atomic E-state index is -0.101. The lowest BCUT2D eigenvalue weighted by Crippen LogP contribution is -2.10. The van der Waals surface area contributed by atoms with Gasteiger partial charge in [-0.15, -0.1) is 11.3 Å². The molecule has 0 atom stereocenters. The van der Waals surface area contributed by atoms with Crippen LogP contribution in [-0.4, -0.2) is 9.97 Å². The molecule has 1 N–H and O–H groups in total. The molecular formula is C7H6N2OS. The van der Waals surface area contributed by atoms with E-state index in [1.807, 2.05) is 10.8 Å². The molecule has 0 fully saturated rings. The van der Waals surface area contributed by atoms with Gasteiger partial charge in [-0.1, -0.05) is 0 Å². The van der Waals surface area contributed by atoms with Crippen molar-refractivity contribution in [2.75, 3.05) is 0 Å². The molecule has 2 aromatic rings. The van der Waals surface area contributed by atoms with E-state index in [-0.39, 0.29) is 5.56 Å². The van der Waals surface area contributed by atoms with Gasteiger partial charge in [0.15, 0.2) is 0 Å². The second-order valence-corrected chi connectivity index (χ2v) is 3.07. The first kappa shape index (κ1) is 6.54. The largest absolute Gasteiger partial charge is 0.318 e. The van der Waals surface area contributed by atoms with Crippen molar-refractivity contribution in [3.63, 3.8) is 0 Å². The van der Waals surface area contributed by atoms with E-state index in [1.165, 1.54) is 11.3 Å². The van der Waals surface area contributed by atoms with Crippen LogP contribution in [-0.2, 0) is 0 Å². The van der Waals surface area contributed by atoms with E-state index in [0.717, 1.165) is 11.0 Å². The second-order valence-electron chi connectivity index (χ2n) is 2.32. The van der Waals surface area contributed by atoms with Gasteiger partial charge in [-0.25, -0.2) is 4.98 Å². The van der Waals surface area contributed by atoms with Gasteiger partial charge in [-0.2, -0.15) is 0 Å². The van der Waals surface area contributed by atoms with Crippen LogP contribution in [0.25, 0.3) is 11.0 Å². The molecule has 0 saturated carbocycles. The Morgan fingerprint density at radius 3 is 3.18 bits per heavy atom. The molecular weight excluding hydrogens is 160 g/mol. The highest BCUT2D eigenvalue weighted by Gasteiger charge is 1.98. The normalized spacial score (nSPS) is 10.6. The predicted molar refractivity (Wildman–Crippen MR) is 45.0 cm³/mol. The highest BCUT2D eigenvalue weighted by molar-refractivity contribution is 7.09. The van der Waals surface area contributed by atoms with Gasteiger partial charge < -0.3 is 4.98 Å². The fraction of sp³-hybridized carbons (Fsp3) is 0.143. The van der Waals surface area contributed by atoms with Crippen LogP contribution in [0.1, 0.15) is 5.69 Å². The third kappa shape index (κ3) is 0.952. The number of nitrogens with one attached hydrogen (secondary N) is 1. The van der Waals surface area contributed by atoms with Gasteiger partial charge >= 0.3 is 0 Å².